The lowest BCUT2D eigenvalue weighted by Crippen LogP contribution is -3.00. The fourth-order valence-corrected chi connectivity index (χ4v) is 4.92. The number of aromatic nitrogens is 3. The van der Waals surface area contributed by atoms with Gasteiger partial charge in [-0.25, -0.2) is 0 Å². The summed E-state index contributed by atoms with van der Waals surface area (Å²) in [6.45, 7) is 0. The molecule has 1 unspecified atom stereocenters. The molecule has 4 rings (SSSR count). The van der Waals surface area contributed by atoms with E-state index in [9.17, 15) is 0 Å². The Kier molecular flexibility index (Phi) is 5.99. The Morgan fingerprint density at radius 1 is 1.08 bits per heavy atom. The molecule has 1 aliphatic heterocycles. The zero-order chi connectivity index (χ0) is 15.6. The van der Waals surface area contributed by atoms with Gasteiger partial charge >= 0.3 is 11.0 Å². The minimum atomic E-state index is 0. The van der Waals surface area contributed by atoms with E-state index in [1.54, 1.807) is 0 Å². The summed E-state index contributed by atoms with van der Waals surface area (Å²) in [5.41, 5.74) is 2.33. The average Bonchev–Trinajstić information content (AvgIpc) is 3.02. The third kappa shape index (κ3) is 3.28. The molecule has 0 fully saturated rings. The van der Waals surface area contributed by atoms with E-state index < -0.39 is 0 Å². The van der Waals surface area contributed by atoms with Crippen LogP contribution in [-0.4, -0.2) is 20.0 Å². The molecule has 1 aromatic heterocycles. The highest BCUT2D eigenvalue weighted by molar-refractivity contribution is 14.1. The SMILES string of the molecule is ICC1CCSc2n1nc(-c1ccccc1)[n+]2-c1ccccc1.[Br-]. The van der Waals surface area contributed by atoms with Crippen LogP contribution in [0.25, 0.3) is 17.1 Å². The number of nitrogens with zero attached hydrogens (tertiary/aromatic N) is 3. The lowest BCUT2D eigenvalue weighted by atomic mass is 10.2. The van der Waals surface area contributed by atoms with Crippen molar-refractivity contribution >= 4 is 34.4 Å². The van der Waals surface area contributed by atoms with Crippen LogP contribution >= 0.6 is 34.4 Å². The Bertz CT molecular complexity index is 808. The van der Waals surface area contributed by atoms with Gasteiger partial charge in [-0.3, -0.25) is 0 Å². The summed E-state index contributed by atoms with van der Waals surface area (Å²) in [5, 5.41) is 6.24. The zero-order valence-electron chi connectivity index (χ0n) is 13.0. The number of hydrogen-bond donors (Lipinski definition) is 0. The van der Waals surface area contributed by atoms with Crippen LogP contribution in [0.4, 0.5) is 0 Å². The van der Waals surface area contributed by atoms with Crippen molar-refractivity contribution < 1.29 is 21.5 Å². The van der Waals surface area contributed by atoms with E-state index in [0.29, 0.717) is 6.04 Å². The van der Waals surface area contributed by atoms with Crippen molar-refractivity contribution in [3.63, 3.8) is 0 Å². The van der Waals surface area contributed by atoms with Gasteiger partial charge in [-0.15, -0.1) is 0 Å². The predicted octanol–water partition coefficient (Wildman–Crippen LogP) is 1.30. The second-order valence-corrected chi connectivity index (χ2v) is 7.48. The molecule has 1 atom stereocenters. The van der Waals surface area contributed by atoms with Gasteiger partial charge in [0, 0.05) is 15.3 Å². The molecule has 3 nitrogen and oxygen atoms in total. The van der Waals surface area contributed by atoms with Crippen molar-refractivity contribution in [3.05, 3.63) is 60.7 Å². The highest BCUT2D eigenvalue weighted by Gasteiger charge is 2.35. The topological polar surface area (TPSA) is 21.7 Å². The minimum Gasteiger partial charge on any atom is -1.00 e. The van der Waals surface area contributed by atoms with Crippen LogP contribution in [0.15, 0.2) is 65.8 Å². The van der Waals surface area contributed by atoms with Gasteiger partial charge in [0.05, 0.1) is 5.56 Å². The fourth-order valence-electron chi connectivity index (χ4n) is 2.89. The molecule has 0 bridgehead atoms. The van der Waals surface area contributed by atoms with Gasteiger partial charge in [0.1, 0.15) is 11.7 Å². The van der Waals surface area contributed by atoms with Crippen molar-refractivity contribution in [2.75, 3.05) is 10.2 Å². The number of para-hydroxylation sites is 1. The molecule has 0 N–H and O–H groups in total. The van der Waals surface area contributed by atoms with E-state index in [2.05, 4.69) is 92.5 Å². The standard InChI is InChI=1S/C18H17IN3S.BrH/c19-13-16-11-12-23-18-21(15-9-5-2-6-10-15)17(20-22(16)18)14-7-3-1-4-8-14;/h1-10,16H,11-13H2;1H/q+1;/p-1. The number of benzene rings is 2. The number of rotatable bonds is 3. The summed E-state index contributed by atoms with van der Waals surface area (Å²) in [6.07, 6.45) is 1.19. The summed E-state index contributed by atoms with van der Waals surface area (Å²) >= 11 is 4.38. The van der Waals surface area contributed by atoms with E-state index in [-0.39, 0.29) is 17.0 Å². The number of halogens is 2. The molecule has 0 aliphatic carbocycles. The van der Waals surface area contributed by atoms with Crippen molar-refractivity contribution in [2.24, 2.45) is 0 Å². The van der Waals surface area contributed by atoms with E-state index in [1.807, 2.05) is 11.8 Å². The first kappa shape index (κ1) is 17.9. The van der Waals surface area contributed by atoms with Crippen LogP contribution in [-0.2, 0) is 0 Å². The second kappa shape index (κ2) is 8.01. The summed E-state index contributed by atoms with van der Waals surface area (Å²) < 4.78 is 5.63. The molecule has 24 heavy (non-hydrogen) atoms. The van der Waals surface area contributed by atoms with Gasteiger partial charge in [0.25, 0.3) is 0 Å². The average molecular weight is 514 g/mol. The molecule has 2 aromatic carbocycles. The van der Waals surface area contributed by atoms with Gasteiger partial charge in [0.2, 0.25) is 0 Å². The summed E-state index contributed by atoms with van der Waals surface area (Å²) in [7, 11) is 0. The Hall–Kier alpha value is -0.860. The molecular formula is C18H17BrIN3S. The quantitative estimate of drug-likeness (QED) is 0.299. The summed E-state index contributed by atoms with van der Waals surface area (Å²) in [6, 6.07) is 21.5. The van der Waals surface area contributed by atoms with Crippen LogP contribution in [0.1, 0.15) is 12.5 Å². The number of alkyl halides is 1. The molecule has 0 saturated heterocycles. The van der Waals surface area contributed by atoms with Crippen molar-refractivity contribution in [2.45, 2.75) is 17.6 Å². The van der Waals surface area contributed by atoms with Gasteiger partial charge in [-0.05, 0) is 30.7 Å². The molecule has 0 spiro atoms. The smallest absolute Gasteiger partial charge is 0.314 e. The molecule has 0 saturated carbocycles. The van der Waals surface area contributed by atoms with Crippen LogP contribution in [0.3, 0.4) is 0 Å². The Labute approximate surface area is 170 Å². The van der Waals surface area contributed by atoms with Crippen LogP contribution in [0.5, 0.6) is 0 Å². The van der Waals surface area contributed by atoms with Crippen LogP contribution in [0, 0.1) is 0 Å². The van der Waals surface area contributed by atoms with E-state index >= 15 is 0 Å². The second-order valence-electron chi connectivity index (χ2n) is 5.53. The Morgan fingerprint density at radius 2 is 1.75 bits per heavy atom. The molecule has 0 radical (unpaired) electrons. The zero-order valence-corrected chi connectivity index (χ0v) is 17.5. The lowest BCUT2D eigenvalue weighted by Gasteiger charge is -2.15. The normalized spacial score (nSPS) is 16.3. The maximum absolute atomic E-state index is 5.00. The third-order valence-corrected chi connectivity index (χ3v) is 6.14. The minimum absolute atomic E-state index is 0. The summed E-state index contributed by atoms with van der Waals surface area (Å²) in [5.74, 6) is 2.18. The first-order valence-corrected chi connectivity index (χ1v) is 10.2. The number of fused-ring (bicyclic) bond motifs is 1. The van der Waals surface area contributed by atoms with Crippen molar-refractivity contribution in [1.29, 1.82) is 0 Å². The molecule has 0 amide bonds. The van der Waals surface area contributed by atoms with E-state index in [0.717, 1.165) is 21.6 Å². The molecule has 2 heterocycles. The Balaban J connectivity index is 0.00000169. The third-order valence-electron chi connectivity index (χ3n) is 4.05. The van der Waals surface area contributed by atoms with Gasteiger partial charge < -0.3 is 17.0 Å². The van der Waals surface area contributed by atoms with Crippen LogP contribution < -0.4 is 21.5 Å². The van der Waals surface area contributed by atoms with Gasteiger partial charge in [-0.1, -0.05) is 75.4 Å². The largest absolute Gasteiger partial charge is 1.00 e. The number of hydrogen-bond acceptors (Lipinski definition) is 2. The maximum atomic E-state index is 5.00. The van der Waals surface area contributed by atoms with Gasteiger partial charge in [-0.2, -0.15) is 4.57 Å². The highest BCUT2D eigenvalue weighted by atomic mass is 127. The molecular weight excluding hydrogens is 497 g/mol. The van der Waals surface area contributed by atoms with E-state index in [1.165, 1.54) is 17.3 Å². The molecule has 1 aliphatic rings. The Morgan fingerprint density at radius 3 is 2.42 bits per heavy atom. The first-order chi connectivity index (χ1) is 11.4. The molecule has 124 valence electrons. The molecule has 6 heteroatoms. The van der Waals surface area contributed by atoms with E-state index in [4.69, 9.17) is 5.10 Å². The monoisotopic (exact) mass is 513 g/mol. The molecule has 3 aromatic rings. The van der Waals surface area contributed by atoms with Crippen molar-refractivity contribution in [3.8, 4) is 17.1 Å². The predicted molar refractivity (Wildman–Crippen MR) is 102 cm³/mol. The van der Waals surface area contributed by atoms with Gasteiger partial charge in [0.15, 0.2) is 0 Å². The lowest BCUT2D eigenvalue weighted by molar-refractivity contribution is -0.627. The highest BCUT2D eigenvalue weighted by Crippen LogP contribution is 2.32. The van der Waals surface area contributed by atoms with Crippen molar-refractivity contribution in [1.82, 2.24) is 9.78 Å². The summed E-state index contributed by atoms with van der Waals surface area (Å²) in [4.78, 5) is 0. The fraction of sp³-hybridized carbons (Fsp3) is 0.222. The van der Waals surface area contributed by atoms with Crippen LogP contribution in [0.2, 0.25) is 0 Å². The number of thioether (sulfide) groups is 1. The first-order valence-electron chi connectivity index (χ1n) is 7.72. The maximum Gasteiger partial charge on any atom is 0.314 e.